The van der Waals surface area contributed by atoms with Gasteiger partial charge in [0.05, 0.1) is 37.6 Å². The number of aromatic nitrogens is 1. The monoisotopic (exact) mass is 579 g/mol. The molecule has 7 nitrogen and oxygen atoms in total. The number of nitrogens with zero attached hydrogens (tertiary/aromatic N) is 1. The Morgan fingerprint density at radius 1 is 0.698 bits per heavy atom. The van der Waals surface area contributed by atoms with Crippen molar-refractivity contribution < 1.29 is 28.5 Å². The van der Waals surface area contributed by atoms with Gasteiger partial charge in [-0.3, -0.25) is 4.79 Å². The summed E-state index contributed by atoms with van der Waals surface area (Å²) in [6, 6.07) is 20.5. The van der Waals surface area contributed by atoms with Crippen LogP contribution in [-0.2, 0) is 17.8 Å². The Hall–Kier alpha value is -4.65. The van der Waals surface area contributed by atoms with E-state index in [4.69, 9.17) is 23.7 Å². The van der Waals surface area contributed by atoms with Crippen LogP contribution in [0.25, 0.3) is 44.1 Å². The predicted molar refractivity (Wildman–Crippen MR) is 170 cm³/mol. The molecule has 0 atom stereocenters. The number of rotatable bonds is 10. The highest BCUT2D eigenvalue weighted by atomic mass is 16.5. The standard InChI is InChI=1S/C36H37NO6/c1-6-39-29-15-14-24(19-31(29)40-7-2)34-28-21-30(43-22(5)38)25-12-10-11-13-26(25)35(28)37-17-16-23-18-32(41-8-3)33(42-9-4)20-27(23)36(34)37/h10-15,18-21H,6-9,16-17H2,1-5H3. The zero-order valence-electron chi connectivity index (χ0n) is 25.4. The number of fused-ring (bicyclic) bond motifs is 7. The maximum absolute atomic E-state index is 12.2. The zero-order valence-corrected chi connectivity index (χ0v) is 25.4. The Balaban J connectivity index is 1.73. The van der Waals surface area contributed by atoms with Gasteiger partial charge in [-0.2, -0.15) is 0 Å². The number of aryl methyl sites for hydroxylation is 2. The Kier molecular flexibility index (Phi) is 7.89. The van der Waals surface area contributed by atoms with E-state index < -0.39 is 0 Å². The van der Waals surface area contributed by atoms with E-state index in [1.807, 2.05) is 58.0 Å². The van der Waals surface area contributed by atoms with E-state index in [0.29, 0.717) is 43.7 Å². The predicted octanol–water partition coefficient (Wildman–Crippen LogP) is 8.20. The first-order valence-electron chi connectivity index (χ1n) is 15.1. The van der Waals surface area contributed by atoms with Crippen LogP contribution in [0.15, 0.2) is 60.7 Å². The Labute approximate surface area is 251 Å². The first-order valence-corrected chi connectivity index (χ1v) is 15.1. The third-order valence-electron chi connectivity index (χ3n) is 7.74. The average molecular weight is 580 g/mol. The van der Waals surface area contributed by atoms with Crippen LogP contribution in [0, 0.1) is 0 Å². The topological polar surface area (TPSA) is 68.2 Å². The normalized spacial score (nSPS) is 12.1. The summed E-state index contributed by atoms with van der Waals surface area (Å²) in [5.41, 5.74) is 6.48. The number of esters is 1. The number of hydrogen-bond donors (Lipinski definition) is 0. The molecule has 0 saturated heterocycles. The van der Waals surface area contributed by atoms with E-state index in [0.717, 1.165) is 68.5 Å². The van der Waals surface area contributed by atoms with E-state index in [2.05, 4.69) is 34.9 Å². The molecule has 0 N–H and O–H groups in total. The molecule has 7 heteroatoms. The van der Waals surface area contributed by atoms with Crippen LogP contribution in [0.2, 0.25) is 0 Å². The van der Waals surface area contributed by atoms with Crippen molar-refractivity contribution in [3.63, 3.8) is 0 Å². The zero-order chi connectivity index (χ0) is 30.1. The Morgan fingerprint density at radius 2 is 1.33 bits per heavy atom. The number of benzene rings is 4. The van der Waals surface area contributed by atoms with Gasteiger partial charge in [-0.25, -0.2) is 0 Å². The molecule has 43 heavy (non-hydrogen) atoms. The van der Waals surface area contributed by atoms with Gasteiger partial charge in [0.25, 0.3) is 0 Å². The average Bonchev–Trinajstić information content (AvgIpc) is 3.33. The molecule has 0 bridgehead atoms. The summed E-state index contributed by atoms with van der Waals surface area (Å²) < 4.78 is 32.2. The van der Waals surface area contributed by atoms with Gasteiger partial charge in [-0.05, 0) is 75.6 Å². The lowest BCUT2D eigenvalue weighted by atomic mass is 9.92. The molecule has 1 aromatic heterocycles. The van der Waals surface area contributed by atoms with Crippen LogP contribution in [0.3, 0.4) is 0 Å². The van der Waals surface area contributed by atoms with Crippen LogP contribution in [0.1, 0.15) is 40.2 Å². The number of ether oxygens (including phenoxy) is 5. The van der Waals surface area contributed by atoms with Crippen molar-refractivity contribution in [1.29, 1.82) is 0 Å². The second-order valence-electron chi connectivity index (χ2n) is 10.4. The number of carbonyl (C=O) groups excluding carboxylic acids is 1. The van der Waals surface area contributed by atoms with Crippen molar-refractivity contribution in [2.24, 2.45) is 0 Å². The summed E-state index contributed by atoms with van der Waals surface area (Å²) in [5, 5.41) is 2.92. The molecule has 2 heterocycles. The fourth-order valence-corrected chi connectivity index (χ4v) is 6.22. The van der Waals surface area contributed by atoms with Crippen LogP contribution >= 0.6 is 0 Å². The number of carbonyl (C=O) groups is 1. The van der Waals surface area contributed by atoms with Gasteiger partial charge in [0.1, 0.15) is 5.75 Å². The molecule has 0 spiro atoms. The fraction of sp³-hybridized carbons (Fsp3) is 0.306. The maximum atomic E-state index is 12.2. The van der Waals surface area contributed by atoms with Crippen molar-refractivity contribution in [2.75, 3.05) is 26.4 Å². The molecule has 222 valence electrons. The van der Waals surface area contributed by atoms with Gasteiger partial charge in [-0.15, -0.1) is 0 Å². The Morgan fingerprint density at radius 3 is 2.00 bits per heavy atom. The van der Waals surface area contributed by atoms with Gasteiger partial charge in [0.2, 0.25) is 0 Å². The maximum Gasteiger partial charge on any atom is 0.308 e. The van der Waals surface area contributed by atoms with Gasteiger partial charge >= 0.3 is 5.97 Å². The van der Waals surface area contributed by atoms with Gasteiger partial charge in [0, 0.05) is 40.8 Å². The molecule has 1 aliphatic rings. The van der Waals surface area contributed by atoms with Crippen molar-refractivity contribution in [2.45, 2.75) is 47.6 Å². The molecule has 0 amide bonds. The number of hydrogen-bond acceptors (Lipinski definition) is 6. The lowest BCUT2D eigenvalue weighted by molar-refractivity contribution is -0.131. The molecule has 5 aromatic rings. The molecular formula is C36H37NO6. The fourth-order valence-electron chi connectivity index (χ4n) is 6.22. The van der Waals surface area contributed by atoms with Gasteiger partial charge < -0.3 is 28.3 Å². The van der Waals surface area contributed by atoms with Gasteiger partial charge in [0.15, 0.2) is 23.0 Å². The first-order chi connectivity index (χ1) is 21.0. The second-order valence-corrected chi connectivity index (χ2v) is 10.4. The highest BCUT2D eigenvalue weighted by Gasteiger charge is 2.29. The third-order valence-corrected chi connectivity index (χ3v) is 7.74. The van der Waals surface area contributed by atoms with Crippen molar-refractivity contribution >= 4 is 27.6 Å². The third kappa shape index (κ3) is 5.03. The van der Waals surface area contributed by atoms with Crippen LogP contribution in [0.4, 0.5) is 0 Å². The minimum atomic E-state index is -0.357. The SMILES string of the molecule is CCOc1ccc(-c2c3n(c4c2cc(OC(C)=O)c2ccccc24)CCc2cc(OCC)c(OCC)cc2-3)cc1OCC. The van der Waals surface area contributed by atoms with E-state index in [1.54, 1.807) is 0 Å². The minimum Gasteiger partial charge on any atom is -0.490 e. The molecule has 0 aliphatic carbocycles. The quantitative estimate of drug-likeness (QED) is 0.123. The van der Waals surface area contributed by atoms with E-state index in [9.17, 15) is 4.79 Å². The first kappa shape index (κ1) is 28.5. The molecule has 0 saturated carbocycles. The molecule has 4 aromatic carbocycles. The second kappa shape index (κ2) is 11.9. The van der Waals surface area contributed by atoms with Gasteiger partial charge in [-0.1, -0.05) is 30.3 Å². The van der Waals surface area contributed by atoms with E-state index in [1.165, 1.54) is 12.5 Å². The molecule has 0 fully saturated rings. The van der Waals surface area contributed by atoms with E-state index >= 15 is 0 Å². The summed E-state index contributed by atoms with van der Waals surface area (Å²) in [6.45, 7) is 12.3. The van der Waals surface area contributed by atoms with E-state index in [-0.39, 0.29) is 5.97 Å². The summed E-state index contributed by atoms with van der Waals surface area (Å²) in [4.78, 5) is 12.2. The molecule has 0 unspecified atom stereocenters. The molecule has 1 aliphatic heterocycles. The smallest absolute Gasteiger partial charge is 0.308 e. The van der Waals surface area contributed by atoms with Crippen LogP contribution in [-0.4, -0.2) is 37.0 Å². The lowest BCUT2D eigenvalue weighted by Crippen LogP contribution is -2.12. The Bertz CT molecular complexity index is 1840. The highest BCUT2D eigenvalue weighted by molar-refractivity contribution is 6.17. The van der Waals surface area contributed by atoms with Crippen molar-refractivity contribution in [3.8, 4) is 51.1 Å². The lowest BCUT2D eigenvalue weighted by Gasteiger charge is -2.24. The highest BCUT2D eigenvalue weighted by Crippen LogP contribution is 2.51. The van der Waals surface area contributed by atoms with Crippen molar-refractivity contribution in [3.05, 3.63) is 66.2 Å². The molecule has 0 radical (unpaired) electrons. The van der Waals surface area contributed by atoms with Crippen LogP contribution < -0.4 is 23.7 Å². The largest absolute Gasteiger partial charge is 0.490 e. The molecule has 6 rings (SSSR count). The van der Waals surface area contributed by atoms with Crippen LogP contribution in [0.5, 0.6) is 28.7 Å². The van der Waals surface area contributed by atoms with Crippen molar-refractivity contribution in [1.82, 2.24) is 4.57 Å². The minimum absolute atomic E-state index is 0.357. The summed E-state index contributed by atoms with van der Waals surface area (Å²) in [7, 11) is 0. The summed E-state index contributed by atoms with van der Waals surface area (Å²) >= 11 is 0. The summed E-state index contributed by atoms with van der Waals surface area (Å²) in [5.74, 6) is 3.06. The molecular weight excluding hydrogens is 542 g/mol. The summed E-state index contributed by atoms with van der Waals surface area (Å²) in [6.07, 6.45) is 0.839.